The van der Waals surface area contributed by atoms with E-state index in [-0.39, 0.29) is 17.3 Å². The molecule has 2 aliphatic rings. The van der Waals surface area contributed by atoms with Crippen LogP contribution in [-0.2, 0) is 16.1 Å². The summed E-state index contributed by atoms with van der Waals surface area (Å²) in [7, 11) is 0. The molecule has 0 spiro atoms. The third-order valence-corrected chi connectivity index (χ3v) is 8.86. The zero-order valence-corrected chi connectivity index (χ0v) is 25.5. The fourth-order valence-electron chi connectivity index (χ4n) is 5.34. The molecule has 0 radical (unpaired) electrons. The SMILES string of the molecule is Cc1csc(C(=C2CCN(Cc3cccc(C(=O)N4CCC4(C)C)c3)CC2)c2ccc(F)cc2)c1.O=C(O)/C=C\C(=O)O. The molecule has 3 aromatic rings. The van der Waals surface area contributed by atoms with Gasteiger partial charge < -0.3 is 15.1 Å². The van der Waals surface area contributed by atoms with Crippen molar-refractivity contribution < 1.29 is 29.0 Å². The van der Waals surface area contributed by atoms with Gasteiger partial charge in [-0.1, -0.05) is 29.8 Å². The molecule has 0 saturated carbocycles. The number of hydrogen-bond donors (Lipinski definition) is 2. The van der Waals surface area contributed by atoms with Crippen LogP contribution in [0.1, 0.15) is 65.0 Å². The number of carboxylic acid groups (broad SMARTS) is 2. The standard InChI is InChI=1S/C30H33FN2OS.C4H4O4/c1-21-17-27(35-20-21)28(23-7-9-26(31)10-8-23)24-11-14-32(15-12-24)19-22-5-4-6-25(18-22)29(34)33-16-13-30(33,2)3;5-3(6)1-2-4(7)8/h4-10,17-18,20H,11-16,19H2,1-3H3;1-2H,(H,5,6)(H,7,8)/b;2-1-. The van der Waals surface area contributed by atoms with Gasteiger partial charge in [0.05, 0.1) is 0 Å². The fraction of sp³-hybridized carbons (Fsp3) is 0.324. The van der Waals surface area contributed by atoms with Gasteiger partial charge in [0, 0.05) is 54.3 Å². The van der Waals surface area contributed by atoms with E-state index < -0.39 is 11.9 Å². The molecule has 3 heterocycles. The maximum atomic E-state index is 13.6. The maximum absolute atomic E-state index is 13.6. The summed E-state index contributed by atoms with van der Waals surface area (Å²) in [5.74, 6) is -2.57. The quantitative estimate of drug-likeness (QED) is 0.294. The van der Waals surface area contributed by atoms with Crippen LogP contribution >= 0.6 is 11.3 Å². The number of aryl methyl sites for hydroxylation is 1. The monoisotopic (exact) mass is 604 g/mol. The van der Waals surface area contributed by atoms with Crippen molar-refractivity contribution in [3.05, 3.63) is 111 Å². The van der Waals surface area contributed by atoms with E-state index >= 15 is 0 Å². The summed E-state index contributed by atoms with van der Waals surface area (Å²) in [6.45, 7) is 10.0. The van der Waals surface area contributed by atoms with Crippen LogP contribution in [0.4, 0.5) is 4.39 Å². The van der Waals surface area contributed by atoms with Crippen LogP contribution in [0.25, 0.3) is 5.57 Å². The molecule has 1 amide bonds. The van der Waals surface area contributed by atoms with Crippen molar-refractivity contribution in [3.63, 3.8) is 0 Å². The van der Waals surface area contributed by atoms with E-state index in [1.807, 2.05) is 29.2 Å². The fourth-order valence-corrected chi connectivity index (χ4v) is 6.35. The molecule has 226 valence electrons. The number of piperidine rings is 1. The molecule has 2 saturated heterocycles. The zero-order chi connectivity index (χ0) is 31.1. The molecule has 0 bridgehead atoms. The van der Waals surface area contributed by atoms with E-state index in [0.29, 0.717) is 12.2 Å². The number of aliphatic carboxylic acids is 2. The zero-order valence-electron chi connectivity index (χ0n) is 24.7. The highest BCUT2D eigenvalue weighted by atomic mass is 32.1. The number of likely N-dealkylation sites (tertiary alicyclic amines) is 2. The second-order valence-corrected chi connectivity index (χ2v) is 12.4. The molecule has 43 heavy (non-hydrogen) atoms. The molecule has 2 aliphatic heterocycles. The van der Waals surface area contributed by atoms with Gasteiger partial charge in [0.15, 0.2) is 0 Å². The van der Waals surface area contributed by atoms with E-state index in [2.05, 4.69) is 49.3 Å². The lowest BCUT2D eigenvalue weighted by atomic mass is 9.88. The average molecular weight is 605 g/mol. The van der Waals surface area contributed by atoms with E-state index in [0.717, 1.165) is 56.6 Å². The summed E-state index contributed by atoms with van der Waals surface area (Å²) in [5.41, 5.74) is 7.02. The lowest BCUT2D eigenvalue weighted by Crippen LogP contribution is -2.58. The van der Waals surface area contributed by atoms with E-state index in [9.17, 15) is 18.8 Å². The molecule has 2 fully saturated rings. The topological polar surface area (TPSA) is 98.2 Å². The minimum atomic E-state index is -1.26. The highest BCUT2D eigenvalue weighted by Gasteiger charge is 2.39. The number of carboxylic acids is 2. The van der Waals surface area contributed by atoms with Crippen LogP contribution in [0.15, 0.2) is 77.7 Å². The molecule has 2 N–H and O–H groups in total. The van der Waals surface area contributed by atoms with Crippen molar-refractivity contribution in [2.45, 2.75) is 52.1 Å². The van der Waals surface area contributed by atoms with Crippen molar-refractivity contribution in [3.8, 4) is 0 Å². The van der Waals surface area contributed by atoms with E-state index in [1.165, 1.54) is 27.2 Å². The Morgan fingerprint density at radius 3 is 2.09 bits per heavy atom. The molecule has 0 unspecified atom stereocenters. The molecule has 1 aromatic heterocycles. The molecular weight excluding hydrogens is 567 g/mol. The first-order chi connectivity index (χ1) is 20.4. The Balaban J connectivity index is 0.000000467. The lowest BCUT2D eigenvalue weighted by Gasteiger charge is -2.48. The van der Waals surface area contributed by atoms with Gasteiger partial charge in [0.25, 0.3) is 5.91 Å². The Hall–Kier alpha value is -4.08. The minimum absolute atomic E-state index is 0.0357. The van der Waals surface area contributed by atoms with E-state index in [1.54, 1.807) is 23.5 Å². The van der Waals surface area contributed by atoms with Gasteiger partial charge >= 0.3 is 11.9 Å². The van der Waals surface area contributed by atoms with Crippen molar-refractivity contribution in [2.24, 2.45) is 0 Å². The van der Waals surface area contributed by atoms with Crippen LogP contribution in [0.2, 0.25) is 0 Å². The summed E-state index contributed by atoms with van der Waals surface area (Å²) < 4.78 is 13.6. The summed E-state index contributed by atoms with van der Waals surface area (Å²) in [5, 5.41) is 17.8. The Morgan fingerprint density at radius 1 is 0.930 bits per heavy atom. The van der Waals surface area contributed by atoms with Crippen LogP contribution in [0.3, 0.4) is 0 Å². The van der Waals surface area contributed by atoms with Crippen molar-refractivity contribution >= 4 is 34.8 Å². The van der Waals surface area contributed by atoms with Gasteiger partial charge in [-0.3, -0.25) is 9.69 Å². The highest BCUT2D eigenvalue weighted by molar-refractivity contribution is 7.11. The largest absolute Gasteiger partial charge is 0.478 e. The number of carbonyl (C=O) groups is 3. The number of amides is 1. The number of hydrogen-bond acceptors (Lipinski definition) is 5. The Morgan fingerprint density at radius 2 is 1.58 bits per heavy atom. The molecular formula is C34H37FN2O5S. The van der Waals surface area contributed by atoms with Crippen molar-refractivity contribution in [1.82, 2.24) is 9.80 Å². The van der Waals surface area contributed by atoms with Gasteiger partial charge in [0.2, 0.25) is 0 Å². The van der Waals surface area contributed by atoms with E-state index in [4.69, 9.17) is 10.2 Å². The number of thiophene rings is 1. The number of carbonyl (C=O) groups excluding carboxylic acids is 1. The van der Waals surface area contributed by atoms with Crippen molar-refractivity contribution in [2.75, 3.05) is 19.6 Å². The van der Waals surface area contributed by atoms with Gasteiger partial charge in [-0.2, -0.15) is 0 Å². The molecule has 2 aromatic carbocycles. The predicted octanol–water partition coefficient (Wildman–Crippen LogP) is 6.63. The Bertz CT molecular complexity index is 1510. The van der Waals surface area contributed by atoms with Crippen LogP contribution in [0, 0.1) is 12.7 Å². The average Bonchev–Trinajstić information content (AvgIpc) is 3.39. The number of halogens is 1. The predicted molar refractivity (Wildman–Crippen MR) is 167 cm³/mol. The lowest BCUT2D eigenvalue weighted by molar-refractivity contribution is -0.134. The van der Waals surface area contributed by atoms with Gasteiger partial charge in [0.1, 0.15) is 5.82 Å². The number of nitrogens with zero attached hydrogens (tertiary/aromatic N) is 2. The molecule has 9 heteroatoms. The molecule has 0 atom stereocenters. The first-order valence-electron chi connectivity index (χ1n) is 14.2. The summed E-state index contributed by atoms with van der Waals surface area (Å²) >= 11 is 1.77. The molecule has 7 nitrogen and oxygen atoms in total. The smallest absolute Gasteiger partial charge is 0.328 e. The number of benzene rings is 2. The normalized spacial score (nSPS) is 16.3. The maximum Gasteiger partial charge on any atom is 0.328 e. The minimum Gasteiger partial charge on any atom is -0.478 e. The highest BCUT2D eigenvalue weighted by Crippen LogP contribution is 2.36. The van der Waals surface area contributed by atoms with Gasteiger partial charge in [-0.15, -0.1) is 11.3 Å². The summed E-state index contributed by atoms with van der Waals surface area (Å²) in [6.07, 6.45) is 4.16. The van der Waals surface area contributed by atoms with Crippen LogP contribution < -0.4 is 0 Å². The Kier molecular flexibility index (Phi) is 10.3. The second kappa shape index (κ2) is 13.9. The van der Waals surface area contributed by atoms with Gasteiger partial charge in [-0.25, -0.2) is 14.0 Å². The van der Waals surface area contributed by atoms with Crippen LogP contribution in [0.5, 0.6) is 0 Å². The molecule has 0 aliphatic carbocycles. The summed E-state index contributed by atoms with van der Waals surface area (Å²) in [6, 6.07) is 17.3. The van der Waals surface area contributed by atoms with Crippen LogP contribution in [-0.4, -0.2) is 63.0 Å². The van der Waals surface area contributed by atoms with Crippen molar-refractivity contribution in [1.29, 1.82) is 0 Å². The third-order valence-electron chi connectivity index (χ3n) is 7.79. The summed E-state index contributed by atoms with van der Waals surface area (Å²) in [4.78, 5) is 37.8. The third kappa shape index (κ3) is 8.49. The Labute approximate surface area is 255 Å². The number of rotatable bonds is 7. The first-order valence-corrected chi connectivity index (χ1v) is 15.1. The second-order valence-electron chi connectivity index (χ2n) is 11.5. The molecule has 5 rings (SSSR count). The first kappa shape index (κ1) is 31.8. The van der Waals surface area contributed by atoms with Gasteiger partial charge in [-0.05, 0) is 98.0 Å².